The van der Waals surface area contributed by atoms with Gasteiger partial charge in [-0.2, -0.15) is 0 Å². The SMILES string of the molecule is C=CCN(c1ccc(C(=O)O)nc1)C1CC1. The summed E-state index contributed by atoms with van der Waals surface area (Å²) in [7, 11) is 0. The first kappa shape index (κ1) is 10.7. The number of carboxylic acids is 1. The van der Waals surface area contributed by atoms with Crippen LogP contribution in [-0.4, -0.2) is 28.6 Å². The zero-order valence-electron chi connectivity index (χ0n) is 8.97. The summed E-state index contributed by atoms with van der Waals surface area (Å²) in [6.07, 6.45) is 5.84. The summed E-state index contributed by atoms with van der Waals surface area (Å²) in [5, 5.41) is 8.75. The molecule has 1 heterocycles. The van der Waals surface area contributed by atoms with Crippen LogP contribution in [0, 0.1) is 0 Å². The molecule has 0 atom stereocenters. The number of anilines is 1. The number of carbonyl (C=O) groups is 1. The highest BCUT2D eigenvalue weighted by molar-refractivity contribution is 5.85. The van der Waals surface area contributed by atoms with Crippen LogP contribution in [0.4, 0.5) is 5.69 Å². The Hall–Kier alpha value is -1.84. The van der Waals surface area contributed by atoms with Crippen LogP contribution in [0.1, 0.15) is 23.3 Å². The van der Waals surface area contributed by atoms with Gasteiger partial charge in [-0.1, -0.05) is 6.08 Å². The van der Waals surface area contributed by atoms with Crippen molar-refractivity contribution in [3.05, 3.63) is 36.7 Å². The minimum absolute atomic E-state index is 0.0816. The molecule has 1 aromatic heterocycles. The highest BCUT2D eigenvalue weighted by atomic mass is 16.4. The topological polar surface area (TPSA) is 53.4 Å². The largest absolute Gasteiger partial charge is 0.477 e. The summed E-state index contributed by atoms with van der Waals surface area (Å²) in [5.74, 6) is -0.992. The standard InChI is InChI=1S/C12H14N2O2/c1-2-7-14(9-3-4-9)10-5-6-11(12(15)16)13-8-10/h2,5-6,8-9H,1,3-4,7H2,(H,15,16). The molecule has 0 aliphatic heterocycles. The van der Waals surface area contributed by atoms with Crippen LogP contribution < -0.4 is 4.90 Å². The molecule has 0 bridgehead atoms. The first-order chi connectivity index (χ1) is 7.72. The Balaban J connectivity index is 2.17. The molecule has 16 heavy (non-hydrogen) atoms. The molecule has 1 aromatic rings. The summed E-state index contributed by atoms with van der Waals surface area (Å²) in [6, 6.07) is 3.91. The van der Waals surface area contributed by atoms with Crippen LogP contribution in [0.5, 0.6) is 0 Å². The average molecular weight is 218 g/mol. The molecule has 4 nitrogen and oxygen atoms in total. The molecule has 0 amide bonds. The van der Waals surface area contributed by atoms with Gasteiger partial charge in [0.15, 0.2) is 0 Å². The van der Waals surface area contributed by atoms with E-state index in [0.717, 1.165) is 12.2 Å². The molecule has 2 rings (SSSR count). The Labute approximate surface area is 94.2 Å². The van der Waals surface area contributed by atoms with Gasteiger partial charge >= 0.3 is 5.97 Å². The normalized spacial score (nSPS) is 14.5. The highest BCUT2D eigenvalue weighted by Gasteiger charge is 2.28. The van der Waals surface area contributed by atoms with E-state index in [4.69, 9.17) is 5.11 Å². The van der Waals surface area contributed by atoms with E-state index in [1.165, 1.54) is 18.9 Å². The van der Waals surface area contributed by atoms with Crippen molar-refractivity contribution < 1.29 is 9.90 Å². The van der Waals surface area contributed by atoms with Gasteiger partial charge in [0.1, 0.15) is 5.69 Å². The molecule has 0 unspecified atom stereocenters. The second kappa shape index (κ2) is 4.35. The maximum absolute atomic E-state index is 10.7. The van der Waals surface area contributed by atoms with Crippen molar-refractivity contribution in [1.82, 2.24) is 4.98 Å². The fourth-order valence-corrected chi connectivity index (χ4v) is 1.67. The van der Waals surface area contributed by atoms with Gasteiger partial charge in [0.05, 0.1) is 11.9 Å². The van der Waals surface area contributed by atoms with Gasteiger partial charge in [-0.05, 0) is 25.0 Å². The zero-order chi connectivity index (χ0) is 11.5. The van der Waals surface area contributed by atoms with Gasteiger partial charge in [0, 0.05) is 12.6 Å². The van der Waals surface area contributed by atoms with Crippen molar-refractivity contribution in [3.8, 4) is 0 Å². The zero-order valence-corrected chi connectivity index (χ0v) is 8.97. The Morgan fingerprint density at radius 2 is 2.38 bits per heavy atom. The first-order valence-corrected chi connectivity index (χ1v) is 5.29. The number of nitrogens with zero attached hydrogens (tertiary/aromatic N) is 2. The first-order valence-electron chi connectivity index (χ1n) is 5.29. The number of pyridine rings is 1. The lowest BCUT2D eigenvalue weighted by molar-refractivity contribution is 0.0690. The lowest BCUT2D eigenvalue weighted by Gasteiger charge is -2.22. The lowest BCUT2D eigenvalue weighted by atomic mass is 10.3. The van der Waals surface area contributed by atoms with Gasteiger partial charge in [-0.15, -0.1) is 6.58 Å². The summed E-state index contributed by atoms with van der Waals surface area (Å²) in [5.41, 5.74) is 1.05. The van der Waals surface area contributed by atoms with Crippen molar-refractivity contribution in [3.63, 3.8) is 0 Å². The number of aromatic carboxylic acids is 1. The smallest absolute Gasteiger partial charge is 0.354 e. The molecule has 1 saturated carbocycles. The number of rotatable bonds is 5. The van der Waals surface area contributed by atoms with Crippen molar-refractivity contribution in [2.75, 3.05) is 11.4 Å². The second-order valence-electron chi connectivity index (χ2n) is 3.88. The molecule has 84 valence electrons. The van der Waals surface area contributed by atoms with E-state index in [2.05, 4.69) is 16.5 Å². The van der Waals surface area contributed by atoms with Gasteiger partial charge in [0.25, 0.3) is 0 Å². The number of carboxylic acid groups (broad SMARTS) is 1. The Kier molecular flexibility index (Phi) is 2.90. The van der Waals surface area contributed by atoms with Gasteiger partial charge < -0.3 is 10.0 Å². The van der Waals surface area contributed by atoms with E-state index in [1.807, 2.05) is 6.08 Å². The molecular formula is C12H14N2O2. The van der Waals surface area contributed by atoms with E-state index in [1.54, 1.807) is 12.3 Å². The number of aromatic nitrogens is 1. The van der Waals surface area contributed by atoms with Crippen molar-refractivity contribution in [2.24, 2.45) is 0 Å². The average Bonchev–Trinajstić information content (AvgIpc) is 3.10. The summed E-state index contributed by atoms with van der Waals surface area (Å²) >= 11 is 0. The molecule has 1 aliphatic carbocycles. The van der Waals surface area contributed by atoms with E-state index in [0.29, 0.717) is 6.04 Å². The quantitative estimate of drug-likeness (QED) is 0.767. The van der Waals surface area contributed by atoms with Gasteiger partial charge in [0.2, 0.25) is 0 Å². The number of hydrogen-bond donors (Lipinski definition) is 1. The van der Waals surface area contributed by atoms with Gasteiger partial charge in [-0.3, -0.25) is 0 Å². The van der Waals surface area contributed by atoms with E-state index in [9.17, 15) is 4.79 Å². The lowest BCUT2D eigenvalue weighted by Crippen LogP contribution is -2.25. The van der Waals surface area contributed by atoms with E-state index in [-0.39, 0.29) is 5.69 Å². The fraction of sp³-hybridized carbons (Fsp3) is 0.333. The van der Waals surface area contributed by atoms with Crippen LogP contribution in [0.15, 0.2) is 31.0 Å². The van der Waals surface area contributed by atoms with E-state index < -0.39 is 5.97 Å². The molecule has 0 radical (unpaired) electrons. The molecule has 1 aliphatic rings. The maximum atomic E-state index is 10.7. The molecule has 4 heteroatoms. The summed E-state index contributed by atoms with van der Waals surface area (Å²) in [6.45, 7) is 4.50. The molecule has 0 aromatic carbocycles. The number of hydrogen-bond acceptors (Lipinski definition) is 3. The summed E-state index contributed by atoms with van der Waals surface area (Å²) in [4.78, 5) is 16.8. The predicted molar refractivity (Wildman–Crippen MR) is 61.8 cm³/mol. The minimum Gasteiger partial charge on any atom is -0.477 e. The van der Waals surface area contributed by atoms with Gasteiger partial charge in [-0.25, -0.2) is 9.78 Å². The highest BCUT2D eigenvalue weighted by Crippen LogP contribution is 2.31. The van der Waals surface area contributed by atoms with Crippen LogP contribution in [-0.2, 0) is 0 Å². The molecule has 0 saturated heterocycles. The Bertz CT molecular complexity index is 396. The van der Waals surface area contributed by atoms with Crippen LogP contribution in [0.25, 0.3) is 0 Å². The van der Waals surface area contributed by atoms with E-state index >= 15 is 0 Å². The maximum Gasteiger partial charge on any atom is 0.354 e. The summed E-state index contributed by atoms with van der Waals surface area (Å²) < 4.78 is 0. The third-order valence-corrected chi connectivity index (χ3v) is 2.61. The Morgan fingerprint density at radius 1 is 1.62 bits per heavy atom. The third kappa shape index (κ3) is 2.21. The second-order valence-corrected chi connectivity index (χ2v) is 3.88. The predicted octanol–water partition coefficient (Wildman–Crippen LogP) is 1.93. The Morgan fingerprint density at radius 3 is 2.81 bits per heavy atom. The van der Waals surface area contributed by atoms with Crippen LogP contribution >= 0.6 is 0 Å². The monoisotopic (exact) mass is 218 g/mol. The van der Waals surface area contributed by atoms with Crippen molar-refractivity contribution >= 4 is 11.7 Å². The van der Waals surface area contributed by atoms with Crippen molar-refractivity contribution in [2.45, 2.75) is 18.9 Å². The molecular weight excluding hydrogens is 204 g/mol. The third-order valence-electron chi connectivity index (χ3n) is 2.61. The molecule has 1 fully saturated rings. The fourth-order valence-electron chi connectivity index (χ4n) is 1.67. The molecule has 0 spiro atoms. The van der Waals surface area contributed by atoms with Crippen LogP contribution in [0.3, 0.4) is 0 Å². The molecule has 1 N–H and O–H groups in total. The van der Waals surface area contributed by atoms with Crippen LogP contribution in [0.2, 0.25) is 0 Å². The minimum atomic E-state index is -0.992. The van der Waals surface area contributed by atoms with Crippen molar-refractivity contribution in [1.29, 1.82) is 0 Å².